The maximum Gasteiger partial charge on any atom is 0.236 e. The van der Waals surface area contributed by atoms with E-state index in [9.17, 15) is 4.79 Å². The van der Waals surface area contributed by atoms with E-state index < -0.39 is 0 Å². The topological polar surface area (TPSA) is 55.1 Å². The number of nitrogens with one attached hydrogen (secondary N) is 1. The number of hydrogen-bond donors (Lipinski definition) is 2. The van der Waals surface area contributed by atoms with Crippen LogP contribution in [-0.2, 0) is 4.79 Å². The third kappa shape index (κ3) is 10.6. The molecule has 0 spiro atoms. The van der Waals surface area contributed by atoms with Crippen LogP contribution in [0.1, 0.15) is 51.9 Å². The van der Waals surface area contributed by atoms with Crippen molar-refractivity contribution in [3.63, 3.8) is 0 Å². The molecule has 0 aliphatic carbocycles. The third-order valence-electron chi connectivity index (χ3n) is 2.80. The van der Waals surface area contributed by atoms with Gasteiger partial charge in [0.25, 0.3) is 0 Å². The fraction of sp³-hybridized carbons (Fsp3) is 0.923. The number of unbranched alkanes of at least 4 members (excludes halogenated alkanes) is 5. The van der Waals surface area contributed by atoms with Gasteiger partial charge in [-0.25, -0.2) is 0 Å². The highest BCUT2D eigenvalue weighted by molar-refractivity contribution is 7.98. The van der Waals surface area contributed by atoms with Gasteiger partial charge >= 0.3 is 0 Å². The molecule has 0 aromatic rings. The van der Waals surface area contributed by atoms with Gasteiger partial charge in [-0.15, -0.1) is 0 Å². The largest absolute Gasteiger partial charge is 0.355 e. The Morgan fingerprint density at radius 3 is 2.53 bits per heavy atom. The second-order valence-electron chi connectivity index (χ2n) is 4.45. The molecule has 0 saturated carbocycles. The Balaban J connectivity index is 3.32. The number of thioether (sulfide) groups is 1. The minimum Gasteiger partial charge on any atom is -0.355 e. The van der Waals surface area contributed by atoms with Crippen LogP contribution in [0.25, 0.3) is 0 Å². The molecule has 0 radical (unpaired) electrons. The Kier molecular flexibility index (Phi) is 12.1. The molecule has 0 aromatic heterocycles. The van der Waals surface area contributed by atoms with Gasteiger partial charge < -0.3 is 11.1 Å². The summed E-state index contributed by atoms with van der Waals surface area (Å²) in [7, 11) is 0. The summed E-state index contributed by atoms with van der Waals surface area (Å²) >= 11 is 1.73. The second kappa shape index (κ2) is 12.2. The van der Waals surface area contributed by atoms with E-state index in [1.807, 2.05) is 6.26 Å². The Morgan fingerprint density at radius 1 is 1.24 bits per heavy atom. The molecule has 102 valence electrons. The number of rotatable bonds is 11. The van der Waals surface area contributed by atoms with Crippen LogP contribution in [-0.4, -0.2) is 30.5 Å². The zero-order valence-electron chi connectivity index (χ0n) is 11.3. The van der Waals surface area contributed by atoms with Crippen molar-refractivity contribution in [2.45, 2.75) is 57.9 Å². The quantitative estimate of drug-likeness (QED) is 0.561. The highest BCUT2D eigenvalue weighted by Crippen LogP contribution is 2.04. The lowest BCUT2D eigenvalue weighted by Crippen LogP contribution is -2.41. The average molecular weight is 260 g/mol. The molecule has 1 amide bonds. The van der Waals surface area contributed by atoms with Gasteiger partial charge in [-0.1, -0.05) is 39.0 Å². The van der Waals surface area contributed by atoms with Crippen molar-refractivity contribution in [1.29, 1.82) is 0 Å². The molecule has 0 aliphatic rings. The third-order valence-corrected chi connectivity index (χ3v) is 3.44. The minimum absolute atomic E-state index is 0.00704. The second-order valence-corrected chi connectivity index (χ2v) is 5.43. The van der Waals surface area contributed by atoms with Crippen LogP contribution in [0.15, 0.2) is 0 Å². The van der Waals surface area contributed by atoms with Crippen molar-refractivity contribution in [1.82, 2.24) is 5.32 Å². The molecular weight excluding hydrogens is 232 g/mol. The normalized spacial score (nSPS) is 12.4. The molecule has 1 unspecified atom stereocenters. The highest BCUT2D eigenvalue weighted by Gasteiger charge is 2.11. The van der Waals surface area contributed by atoms with Crippen LogP contribution < -0.4 is 11.1 Å². The molecule has 0 fully saturated rings. The summed E-state index contributed by atoms with van der Waals surface area (Å²) in [6.07, 6.45) is 10.3. The summed E-state index contributed by atoms with van der Waals surface area (Å²) in [5.41, 5.74) is 5.76. The lowest BCUT2D eigenvalue weighted by atomic mass is 10.1. The van der Waals surface area contributed by atoms with Gasteiger partial charge in [0.05, 0.1) is 6.04 Å². The van der Waals surface area contributed by atoms with E-state index in [4.69, 9.17) is 5.73 Å². The SMILES string of the molecule is CCCCCCCCNC(=O)C(N)CCSC. The number of carbonyl (C=O) groups is 1. The van der Waals surface area contributed by atoms with Crippen molar-refractivity contribution in [2.24, 2.45) is 5.73 Å². The van der Waals surface area contributed by atoms with E-state index in [0.29, 0.717) is 0 Å². The lowest BCUT2D eigenvalue weighted by Gasteiger charge is -2.11. The molecule has 17 heavy (non-hydrogen) atoms. The smallest absolute Gasteiger partial charge is 0.236 e. The molecule has 0 saturated heterocycles. The van der Waals surface area contributed by atoms with Crippen LogP contribution in [0.5, 0.6) is 0 Å². The lowest BCUT2D eigenvalue weighted by molar-refractivity contribution is -0.122. The van der Waals surface area contributed by atoms with Crippen LogP contribution in [0.2, 0.25) is 0 Å². The number of amides is 1. The Bertz CT molecular complexity index is 188. The van der Waals surface area contributed by atoms with E-state index in [0.717, 1.165) is 25.1 Å². The fourth-order valence-electron chi connectivity index (χ4n) is 1.62. The molecule has 0 aromatic carbocycles. The Hall–Kier alpha value is -0.220. The van der Waals surface area contributed by atoms with Crippen LogP contribution in [0.4, 0.5) is 0 Å². The van der Waals surface area contributed by atoms with E-state index in [2.05, 4.69) is 12.2 Å². The molecule has 0 aliphatic heterocycles. The van der Waals surface area contributed by atoms with Crippen LogP contribution >= 0.6 is 11.8 Å². The van der Waals surface area contributed by atoms with E-state index >= 15 is 0 Å². The molecule has 3 nitrogen and oxygen atoms in total. The molecule has 4 heteroatoms. The first-order valence-corrected chi connectivity index (χ1v) is 8.14. The van der Waals surface area contributed by atoms with Gasteiger partial charge in [0, 0.05) is 6.54 Å². The van der Waals surface area contributed by atoms with Gasteiger partial charge in [-0.2, -0.15) is 11.8 Å². The zero-order valence-corrected chi connectivity index (χ0v) is 12.2. The van der Waals surface area contributed by atoms with E-state index in [-0.39, 0.29) is 11.9 Å². The predicted octanol–water partition coefficient (Wildman–Crippen LogP) is 2.54. The zero-order chi connectivity index (χ0) is 12.9. The van der Waals surface area contributed by atoms with Crippen molar-refractivity contribution in [3.8, 4) is 0 Å². The van der Waals surface area contributed by atoms with Gasteiger partial charge in [0.1, 0.15) is 0 Å². The summed E-state index contributed by atoms with van der Waals surface area (Å²) in [6.45, 7) is 2.99. The monoisotopic (exact) mass is 260 g/mol. The molecule has 1 atom stereocenters. The molecule has 0 bridgehead atoms. The summed E-state index contributed by atoms with van der Waals surface area (Å²) < 4.78 is 0. The van der Waals surface area contributed by atoms with E-state index in [1.54, 1.807) is 11.8 Å². The average Bonchev–Trinajstić information content (AvgIpc) is 2.34. The first-order chi connectivity index (χ1) is 8.22. The first-order valence-electron chi connectivity index (χ1n) is 6.74. The minimum atomic E-state index is -0.331. The maximum atomic E-state index is 11.5. The van der Waals surface area contributed by atoms with Gasteiger partial charge in [0.15, 0.2) is 0 Å². The van der Waals surface area contributed by atoms with Gasteiger partial charge in [-0.3, -0.25) is 4.79 Å². The molecule has 3 N–H and O–H groups in total. The first kappa shape index (κ1) is 16.8. The van der Waals surface area contributed by atoms with Crippen molar-refractivity contribution in [3.05, 3.63) is 0 Å². The Morgan fingerprint density at radius 2 is 1.88 bits per heavy atom. The summed E-state index contributed by atoms with van der Waals surface area (Å²) in [5.74, 6) is 0.957. The van der Waals surface area contributed by atoms with Crippen molar-refractivity contribution < 1.29 is 4.79 Å². The van der Waals surface area contributed by atoms with Crippen LogP contribution in [0.3, 0.4) is 0 Å². The van der Waals surface area contributed by atoms with Gasteiger partial charge in [0.2, 0.25) is 5.91 Å². The molecule has 0 rings (SSSR count). The number of hydrogen-bond acceptors (Lipinski definition) is 3. The maximum absolute atomic E-state index is 11.5. The summed E-state index contributed by atoms with van der Waals surface area (Å²) in [5, 5.41) is 2.91. The number of nitrogens with two attached hydrogens (primary N) is 1. The van der Waals surface area contributed by atoms with Crippen LogP contribution in [0, 0.1) is 0 Å². The van der Waals surface area contributed by atoms with Crippen molar-refractivity contribution >= 4 is 17.7 Å². The standard InChI is InChI=1S/C13H28N2OS/c1-3-4-5-6-7-8-10-15-13(16)12(14)9-11-17-2/h12H,3-11,14H2,1-2H3,(H,15,16). The van der Waals surface area contributed by atoms with Gasteiger partial charge in [-0.05, 0) is 24.9 Å². The molecule has 0 heterocycles. The predicted molar refractivity (Wildman–Crippen MR) is 77.4 cm³/mol. The number of carbonyl (C=O) groups excluding carboxylic acids is 1. The van der Waals surface area contributed by atoms with Crippen molar-refractivity contribution in [2.75, 3.05) is 18.6 Å². The highest BCUT2D eigenvalue weighted by atomic mass is 32.2. The fourth-order valence-corrected chi connectivity index (χ4v) is 2.11. The summed E-state index contributed by atoms with van der Waals surface area (Å²) in [6, 6.07) is -0.331. The molecular formula is C13H28N2OS. The Labute approximate surface area is 110 Å². The summed E-state index contributed by atoms with van der Waals surface area (Å²) in [4.78, 5) is 11.5. The van der Waals surface area contributed by atoms with E-state index in [1.165, 1.54) is 32.1 Å².